The summed E-state index contributed by atoms with van der Waals surface area (Å²) < 4.78 is 2.64. The third-order valence-corrected chi connectivity index (χ3v) is 10.8. The minimum absolute atomic E-state index is 0.162. The predicted octanol–water partition coefficient (Wildman–Crippen LogP) is 12.8. The molecule has 0 spiro atoms. The summed E-state index contributed by atoms with van der Waals surface area (Å²) in [5.41, 5.74) is 11.7. The summed E-state index contributed by atoms with van der Waals surface area (Å²) in [5, 5.41) is 2.62. The normalized spacial score (nSPS) is 14.9. The molecular weight excluding hydrogens is 563 g/mol. The van der Waals surface area contributed by atoms with Crippen LogP contribution in [-0.4, -0.2) is 0 Å². The molecule has 7 aromatic rings. The van der Waals surface area contributed by atoms with Crippen LogP contribution in [0.4, 0.5) is 17.1 Å². The maximum atomic E-state index is 2.45. The van der Waals surface area contributed by atoms with Crippen molar-refractivity contribution in [2.75, 3.05) is 4.90 Å². The Morgan fingerprint density at radius 3 is 1.78 bits per heavy atom. The summed E-state index contributed by atoms with van der Waals surface area (Å²) in [4.78, 5) is 2.42. The third-order valence-electron chi connectivity index (χ3n) is 9.63. The van der Waals surface area contributed by atoms with Gasteiger partial charge in [0.1, 0.15) is 0 Å². The van der Waals surface area contributed by atoms with Gasteiger partial charge in [0, 0.05) is 37.2 Å². The third kappa shape index (κ3) is 4.85. The van der Waals surface area contributed by atoms with Gasteiger partial charge in [-0.2, -0.15) is 0 Å². The van der Waals surface area contributed by atoms with Gasteiger partial charge in [0.2, 0.25) is 0 Å². The molecule has 0 N–H and O–H groups in total. The molecule has 45 heavy (non-hydrogen) atoms. The number of rotatable bonds is 5. The molecule has 2 heteroatoms. The van der Waals surface area contributed by atoms with E-state index in [0.29, 0.717) is 0 Å². The molecule has 6 aromatic carbocycles. The van der Waals surface area contributed by atoms with E-state index in [0.717, 1.165) is 17.1 Å². The summed E-state index contributed by atoms with van der Waals surface area (Å²) in [7, 11) is 0. The van der Waals surface area contributed by atoms with Crippen molar-refractivity contribution < 1.29 is 0 Å². The van der Waals surface area contributed by atoms with E-state index in [-0.39, 0.29) is 10.8 Å². The zero-order valence-electron chi connectivity index (χ0n) is 26.3. The molecular formula is C43H37NS. The lowest BCUT2D eigenvalue weighted by Gasteiger charge is -2.27. The molecule has 1 nitrogen and oxygen atoms in total. The van der Waals surface area contributed by atoms with E-state index in [1.54, 1.807) is 0 Å². The SMILES string of the molecule is CC1(C)CC(C)(C)c2cc(-c3cccc(N(c4cccc(-c5ccccc5)c4)c4ccc5sc6ccccc6c5c4)c3)ccc21. The fourth-order valence-corrected chi connectivity index (χ4v) is 8.84. The van der Waals surface area contributed by atoms with E-state index in [4.69, 9.17) is 0 Å². The standard InChI is InChI=1S/C43H37NS/c1-42(2)28-43(3,4)39-26-32(20-22-38(39)42)31-15-11-17-34(25-31)44(33-16-10-14-30(24-33)29-12-6-5-7-13-29)35-21-23-41-37(27-35)36-18-8-9-19-40(36)45-41/h5-27H,28H2,1-4H3. The molecule has 0 aliphatic heterocycles. The highest BCUT2D eigenvalue weighted by atomic mass is 32.1. The van der Waals surface area contributed by atoms with Crippen molar-refractivity contribution in [1.82, 2.24) is 0 Å². The number of thiophene rings is 1. The van der Waals surface area contributed by atoms with Gasteiger partial charge in [-0.1, -0.05) is 119 Å². The molecule has 1 aliphatic carbocycles. The van der Waals surface area contributed by atoms with Crippen LogP contribution in [0.15, 0.2) is 140 Å². The van der Waals surface area contributed by atoms with Gasteiger partial charge in [0.15, 0.2) is 0 Å². The lowest BCUT2D eigenvalue weighted by atomic mass is 9.82. The highest BCUT2D eigenvalue weighted by Gasteiger charge is 2.41. The van der Waals surface area contributed by atoms with E-state index in [9.17, 15) is 0 Å². The highest BCUT2D eigenvalue weighted by molar-refractivity contribution is 7.25. The quantitative estimate of drug-likeness (QED) is 0.190. The summed E-state index contributed by atoms with van der Waals surface area (Å²) in [5.74, 6) is 0. The van der Waals surface area contributed by atoms with Crippen molar-refractivity contribution in [3.05, 3.63) is 151 Å². The van der Waals surface area contributed by atoms with Crippen molar-refractivity contribution in [1.29, 1.82) is 0 Å². The first-order valence-corrected chi connectivity index (χ1v) is 16.7. The number of hydrogen-bond acceptors (Lipinski definition) is 2. The van der Waals surface area contributed by atoms with E-state index < -0.39 is 0 Å². The van der Waals surface area contributed by atoms with Gasteiger partial charge in [-0.05, 0) is 99.2 Å². The largest absolute Gasteiger partial charge is 0.310 e. The van der Waals surface area contributed by atoms with Gasteiger partial charge >= 0.3 is 0 Å². The van der Waals surface area contributed by atoms with Crippen molar-refractivity contribution in [3.63, 3.8) is 0 Å². The maximum Gasteiger partial charge on any atom is 0.0468 e. The lowest BCUT2D eigenvalue weighted by molar-refractivity contribution is 0.403. The first-order chi connectivity index (χ1) is 21.8. The highest BCUT2D eigenvalue weighted by Crippen LogP contribution is 2.50. The first kappa shape index (κ1) is 27.9. The van der Waals surface area contributed by atoms with Crippen molar-refractivity contribution >= 4 is 48.6 Å². The van der Waals surface area contributed by atoms with Crippen molar-refractivity contribution in [3.8, 4) is 22.3 Å². The second kappa shape index (κ2) is 10.5. The van der Waals surface area contributed by atoms with Gasteiger partial charge in [0.05, 0.1) is 0 Å². The molecule has 8 rings (SSSR count). The minimum atomic E-state index is 0.162. The smallest absolute Gasteiger partial charge is 0.0468 e. The second-order valence-electron chi connectivity index (χ2n) is 13.8. The van der Waals surface area contributed by atoms with Gasteiger partial charge in [0.25, 0.3) is 0 Å². The van der Waals surface area contributed by atoms with Crippen LogP contribution in [0.3, 0.4) is 0 Å². The van der Waals surface area contributed by atoms with Crippen LogP contribution in [0.1, 0.15) is 45.2 Å². The lowest BCUT2D eigenvalue weighted by Crippen LogP contribution is -2.17. The molecule has 1 heterocycles. The van der Waals surface area contributed by atoms with Gasteiger partial charge in [-0.15, -0.1) is 11.3 Å². The van der Waals surface area contributed by atoms with Crippen LogP contribution in [0.25, 0.3) is 42.4 Å². The van der Waals surface area contributed by atoms with Crippen LogP contribution in [-0.2, 0) is 10.8 Å². The molecule has 220 valence electrons. The molecule has 1 aliphatic rings. The summed E-state index contributed by atoms with van der Waals surface area (Å²) in [6, 6.07) is 51.5. The van der Waals surface area contributed by atoms with E-state index in [2.05, 4.69) is 172 Å². The fraction of sp³-hybridized carbons (Fsp3) is 0.163. The van der Waals surface area contributed by atoms with Crippen LogP contribution in [0.5, 0.6) is 0 Å². The summed E-state index contributed by atoms with van der Waals surface area (Å²) >= 11 is 1.86. The molecule has 0 fully saturated rings. The molecule has 0 amide bonds. The molecule has 0 atom stereocenters. The van der Waals surface area contributed by atoms with Crippen LogP contribution < -0.4 is 4.90 Å². The van der Waals surface area contributed by atoms with E-state index >= 15 is 0 Å². The first-order valence-electron chi connectivity index (χ1n) is 15.9. The maximum absolute atomic E-state index is 2.45. The number of benzene rings is 6. The van der Waals surface area contributed by atoms with Crippen molar-refractivity contribution in [2.24, 2.45) is 0 Å². The minimum Gasteiger partial charge on any atom is -0.310 e. The molecule has 0 radical (unpaired) electrons. The van der Waals surface area contributed by atoms with Crippen molar-refractivity contribution in [2.45, 2.75) is 44.9 Å². The zero-order valence-corrected chi connectivity index (χ0v) is 27.2. The van der Waals surface area contributed by atoms with Gasteiger partial charge in [-0.25, -0.2) is 0 Å². The Labute approximate surface area is 270 Å². The van der Waals surface area contributed by atoms with Gasteiger partial charge in [-0.3, -0.25) is 0 Å². The van der Waals surface area contributed by atoms with Gasteiger partial charge < -0.3 is 4.90 Å². The monoisotopic (exact) mass is 599 g/mol. The van der Waals surface area contributed by atoms with E-state index in [1.807, 2.05) is 11.3 Å². The molecule has 0 unspecified atom stereocenters. The Kier molecular flexibility index (Phi) is 6.48. The molecule has 0 bridgehead atoms. The Morgan fingerprint density at radius 1 is 0.444 bits per heavy atom. The molecule has 0 saturated carbocycles. The summed E-state index contributed by atoms with van der Waals surface area (Å²) in [6.07, 6.45) is 1.17. The zero-order chi connectivity index (χ0) is 30.8. The number of anilines is 3. The fourth-order valence-electron chi connectivity index (χ4n) is 7.75. The average Bonchev–Trinajstić information content (AvgIpc) is 3.51. The van der Waals surface area contributed by atoms with Crippen LogP contribution >= 0.6 is 11.3 Å². The molecule has 0 saturated heterocycles. The predicted molar refractivity (Wildman–Crippen MR) is 196 cm³/mol. The van der Waals surface area contributed by atoms with Crippen LogP contribution in [0.2, 0.25) is 0 Å². The van der Waals surface area contributed by atoms with E-state index in [1.165, 1.54) is 60.0 Å². The second-order valence-corrected chi connectivity index (χ2v) is 14.9. The average molecular weight is 600 g/mol. The number of nitrogens with zero attached hydrogens (tertiary/aromatic N) is 1. The Bertz CT molecular complexity index is 2200. The number of hydrogen-bond donors (Lipinski definition) is 0. The van der Waals surface area contributed by atoms with Crippen LogP contribution in [0, 0.1) is 0 Å². The Morgan fingerprint density at radius 2 is 1.02 bits per heavy atom. The Hall–Kier alpha value is -4.66. The molecule has 1 aromatic heterocycles. The number of fused-ring (bicyclic) bond motifs is 4. The Balaban J connectivity index is 1.29. The topological polar surface area (TPSA) is 3.24 Å². The summed E-state index contributed by atoms with van der Waals surface area (Å²) in [6.45, 7) is 9.56.